The van der Waals surface area contributed by atoms with Crippen molar-refractivity contribution in [1.29, 1.82) is 0 Å². The van der Waals surface area contributed by atoms with Gasteiger partial charge in [0.15, 0.2) is 0 Å². The third-order valence-electron chi connectivity index (χ3n) is 3.97. The summed E-state index contributed by atoms with van der Waals surface area (Å²) in [5, 5.41) is 2.60. The van der Waals surface area contributed by atoms with Crippen LogP contribution in [0.5, 0.6) is 0 Å². The number of hydrogen-bond acceptors (Lipinski definition) is 4. The molecule has 0 radical (unpaired) electrons. The molecular weight excluding hydrogens is 350 g/mol. The van der Waals surface area contributed by atoms with Crippen LogP contribution in [-0.2, 0) is 20.2 Å². The summed E-state index contributed by atoms with van der Waals surface area (Å²) in [6, 6.07) is 10.2. The Morgan fingerprint density at radius 3 is 2.23 bits per heavy atom. The van der Waals surface area contributed by atoms with Crippen LogP contribution in [0.15, 0.2) is 47.5 Å². The molecular formula is C19H25N3O3S. The van der Waals surface area contributed by atoms with Gasteiger partial charge in [-0.25, -0.2) is 13.4 Å². The Morgan fingerprint density at radius 1 is 1.12 bits per heavy atom. The summed E-state index contributed by atoms with van der Waals surface area (Å²) in [6.45, 7) is 7.78. The Morgan fingerprint density at radius 2 is 1.73 bits per heavy atom. The summed E-state index contributed by atoms with van der Waals surface area (Å²) in [5.41, 5.74) is 1.96. The Bertz CT molecular complexity index is 868. The van der Waals surface area contributed by atoms with Gasteiger partial charge in [0.05, 0.1) is 11.4 Å². The van der Waals surface area contributed by atoms with Crippen LogP contribution in [0.25, 0.3) is 0 Å². The Hall–Kier alpha value is -2.25. The van der Waals surface area contributed by atoms with Crippen molar-refractivity contribution in [3.8, 4) is 0 Å². The van der Waals surface area contributed by atoms with Crippen LogP contribution in [-0.4, -0.2) is 37.2 Å². The smallest absolute Gasteiger partial charge is 0.243 e. The number of carbonyl (C=O) groups excluding carboxylic acids is 1. The second-order valence-corrected chi connectivity index (χ2v) is 9.35. The number of aryl methyl sites for hydroxylation is 1. The molecule has 2 aromatic rings. The molecule has 140 valence electrons. The minimum absolute atomic E-state index is 0.0604. The van der Waals surface area contributed by atoms with E-state index in [1.807, 2.05) is 13.0 Å². The number of rotatable bonds is 5. The molecule has 0 saturated heterocycles. The lowest BCUT2D eigenvalue weighted by Gasteiger charge is -2.20. The number of sulfonamides is 1. The molecule has 1 aromatic heterocycles. The minimum atomic E-state index is -3.74. The molecule has 0 aliphatic rings. The van der Waals surface area contributed by atoms with Crippen LogP contribution in [0, 0.1) is 6.92 Å². The van der Waals surface area contributed by atoms with Crippen molar-refractivity contribution in [1.82, 2.24) is 9.29 Å². The van der Waals surface area contributed by atoms with Gasteiger partial charge in [0.1, 0.15) is 5.82 Å². The number of aromatic nitrogens is 1. The van der Waals surface area contributed by atoms with E-state index in [0.29, 0.717) is 5.82 Å². The van der Waals surface area contributed by atoms with Gasteiger partial charge in [-0.15, -0.1) is 0 Å². The number of anilines is 1. The SMILES string of the molecule is Cc1ccc(NC(=O)CN(C)S(=O)(=O)c2ccc(C(C)(C)C)cc2)nc1. The molecule has 0 atom stereocenters. The van der Waals surface area contributed by atoms with Crippen molar-refractivity contribution >= 4 is 21.7 Å². The van der Waals surface area contributed by atoms with E-state index >= 15 is 0 Å². The van der Waals surface area contributed by atoms with E-state index in [9.17, 15) is 13.2 Å². The van der Waals surface area contributed by atoms with E-state index in [4.69, 9.17) is 0 Å². The van der Waals surface area contributed by atoms with Crippen LogP contribution < -0.4 is 5.32 Å². The maximum absolute atomic E-state index is 12.7. The molecule has 0 spiro atoms. The van der Waals surface area contributed by atoms with Gasteiger partial charge in [0, 0.05) is 13.2 Å². The zero-order valence-corrected chi connectivity index (χ0v) is 16.6. The predicted octanol–water partition coefficient (Wildman–Crippen LogP) is 2.95. The average Bonchev–Trinajstić information content (AvgIpc) is 2.56. The van der Waals surface area contributed by atoms with Gasteiger partial charge < -0.3 is 5.32 Å². The minimum Gasteiger partial charge on any atom is -0.310 e. The van der Waals surface area contributed by atoms with E-state index in [0.717, 1.165) is 15.4 Å². The van der Waals surface area contributed by atoms with Crippen LogP contribution in [0.2, 0.25) is 0 Å². The van der Waals surface area contributed by atoms with Gasteiger partial charge in [-0.05, 0) is 41.7 Å². The van der Waals surface area contributed by atoms with Crippen LogP contribution >= 0.6 is 0 Å². The fourth-order valence-electron chi connectivity index (χ4n) is 2.32. The van der Waals surface area contributed by atoms with Gasteiger partial charge in [0.25, 0.3) is 0 Å². The van der Waals surface area contributed by atoms with E-state index < -0.39 is 15.9 Å². The number of nitrogens with one attached hydrogen (secondary N) is 1. The maximum Gasteiger partial charge on any atom is 0.243 e. The first-order valence-corrected chi connectivity index (χ1v) is 9.73. The molecule has 1 N–H and O–H groups in total. The van der Waals surface area contributed by atoms with E-state index in [-0.39, 0.29) is 16.9 Å². The molecule has 0 bridgehead atoms. The van der Waals surface area contributed by atoms with Crippen molar-refractivity contribution in [3.63, 3.8) is 0 Å². The highest BCUT2D eigenvalue weighted by Gasteiger charge is 2.24. The first-order chi connectivity index (χ1) is 12.0. The lowest BCUT2D eigenvalue weighted by Crippen LogP contribution is -2.35. The summed E-state index contributed by atoms with van der Waals surface area (Å²) in [5.74, 6) is -0.0559. The highest BCUT2D eigenvalue weighted by Crippen LogP contribution is 2.24. The summed E-state index contributed by atoms with van der Waals surface area (Å²) in [4.78, 5) is 16.4. The Kier molecular flexibility index (Phi) is 5.83. The quantitative estimate of drug-likeness (QED) is 0.871. The van der Waals surface area contributed by atoms with Crippen LogP contribution in [0.3, 0.4) is 0 Å². The zero-order chi connectivity index (χ0) is 19.5. The van der Waals surface area contributed by atoms with Crippen molar-refractivity contribution in [2.45, 2.75) is 38.0 Å². The number of nitrogens with zero attached hydrogens (tertiary/aromatic N) is 2. The zero-order valence-electron chi connectivity index (χ0n) is 15.8. The third kappa shape index (κ3) is 4.89. The van der Waals surface area contributed by atoms with E-state index in [1.54, 1.807) is 36.5 Å². The van der Waals surface area contributed by atoms with Gasteiger partial charge in [-0.3, -0.25) is 4.79 Å². The summed E-state index contributed by atoms with van der Waals surface area (Å²) < 4.78 is 26.3. The first kappa shape index (κ1) is 20.1. The highest BCUT2D eigenvalue weighted by molar-refractivity contribution is 7.89. The molecule has 7 heteroatoms. The molecule has 6 nitrogen and oxygen atoms in total. The van der Waals surface area contributed by atoms with Crippen molar-refractivity contribution in [2.24, 2.45) is 0 Å². The fourth-order valence-corrected chi connectivity index (χ4v) is 3.45. The molecule has 0 saturated carbocycles. The number of hydrogen-bond donors (Lipinski definition) is 1. The van der Waals surface area contributed by atoms with Crippen molar-refractivity contribution in [3.05, 3.63) is 53.7 Å². The molecule has 1 heterocycles. The number of likely N-dealkylation sites (N-methyl/N-ethyl adjacent to an activating group) is 1. The average molecular weight is 375 g/mol. The summed E-state index contributed by atoms with van der Waals surface area (Å²) in [6.07, 6.45) is 1.63. The van der Waals surface area contributed by atoms with E-state index in [2.05, 4.69) is 31.1 Å². The third-order valence-corrected chi connectivity index (χ3v) is 5.79. The number of pyridine rings is 1. The lowest BCUT2D eigenvalue weighted by molar-refractivity contribution is -0.116. The number of amides is 1. The molecule has 0 unspecified atom stereocenters. The molecule has 2 rings (SSSR count). The molecule has 0 aliphatic heterocycles. The maximum atomic E-state index is 12.7. The predicted molar refractivity (Wildman–Crippen MR) is 103 cm³/mol. The van der Waals surface area contributed by atoms with Gasteiger partial charge in [-0.1, -0.05) is 39.0 Å². The van der Waals surface area contributed by atoms with E-state index in [1.165, 1.54) is 7.05 Å². The normalized spacial score (nSPS) is 12.2. The molecule has 1 amide bonds. The molecule has 26 heavy (non-hydrogen) atoms. The summed E-state index contributed by atoms with van der Waals surface area (Å²) >= 11 is 0. The molecule has 0 fully saturated rings. The van der Waals surface area contributed by atoms with Crippen LogP contribution in [0.4, 0.5) is 5.82 Å². The largest absolute Gasteiger partial charge is 0.310 e. The van der Waals surface area contributed by atoms with Gasteiger partial charge >= 0.3 is 0 Å². The van der Waals surface area contributed by atoms with Crippen molar-refractivity contribution in [2.75, 3.05) is 18.9 Å². The second kappa shape index (κ2) is 7.55. The monoisotopic (exact) mass is 375 g/mol. The summed E-state index contributed by atoms with van der Waals surface area (Å²) in [7, 11) is -2.36. The topological polar surface area (TPSA) is 79.4 Å². The lowest BCUT2D eigenvalue weighted by atomic mass is 9.87. The first-order valence-electron chi connectivity index (χ1n) is 8.29. The van der Waals surface area contributed by atoms with Crippen molar-refractivity contribution < 1.29 is 13.2 Å². The number of benzene rings is 1. The highest BCUT2D eigenvalue weighted by atomic mass is 32.2. The second-order valence-electron chi connectivity index (χ2n) is 7.30. The number of carbonyl (C=O) groups is 1. The molecule has 0 aliphatic carbocycles. The fraction of sp³-hybridized carbons (Fsp3) is 0.368. The van der Waals surface area contributed by atoms with Gasteiger partial charge in [-0.2, -0.15) is 4.31 Å². The standard InChI is InChI=1S/C19H25N3O3S/c1-14-6-11-17(20-12-14)21-18(23)13-22(5)26(24,25)16-9-7-15(8-10-16)19(2,3)4/h6-12H,13H2,1-5H3,(H,20,21,23). The Labute approximate surface area is 155 Å². The Balaban J connectivity index is 2.08. The van der Waals surface area contributed by atoms with Gasteiger partial charge in [0.2, 0.25) is 15.9 Å². The molecule has 1 aromatic carbocycles. The van der Waals surface area contributed by atoms with Crippen LogP contribution in [0.1, 0.15) is 31.9 Å².